The van der Waals surface area contributed by atoms with Gasteiger partial charge in [-0.1, -0.05) is 0 Å². The second-order valence-electron chi connectivity index (χ2n) is 6.35. The molecule has 0 bridgehead atoms. The Hall–Kier alpha value is -0.266. The van der Waals surface area contributed by atoms with E-state index in [9.17, 15) is 0 Å². The zero-order valence-electron chi connectivity index (χ0n) is 11.1. The van der Waals surface area contributed by atoms with Crippen LogP contribution in [-0.4, -0.2) is 0 Å². The molecule has 0 aliphatic rings. The Balaban J connectivity index is 3.33. The van der Waals surface area contributed by atoms with Crippen LogP contribution in [0.4, 0.5) is 0 Å². The summed E-state index contributed by atoms with van der Waals surface area (Å²) in [5.74, 6) is 0.956. The second-order valence-corrected chi connectivity index (χ2v) is 6.67. The third-order valence-corrected chi connectivity index (χ3v) is 3.12. The molecule has 0 fully saturated rings. The van der Waals surface area contributed by atoms with Crippen LogP contribution in [0.2, 0.25) is 0 Å². The predicted octanol–water partition coefficient (Wildman–Crippen LogP) is 4.12. The minimum absolute atomic E-state index is 0.161. The van der Waals surface area contributed by atoms with E-state index in [0.29, 0.717) is 0 Å². The van der Waals surface area contributed by atoms with Gasteiger partial charge in [-0.05, 0) is 0 Å². The molecule has 0 unspecified atom stereocenters. The van der Waals surface area contributed by atoms with Gasteiger partial charge in [-0.3, -0.25) is 0 Å². The number of hydrogen-bond donors (Lipinski definition) is 0. The van der Waals surface area contributed by atoms with Gasteiger partial charge in [0.1, 0.15) is 0 Å². The molecule has 16 heavy (non-hydrogen) atoms. The van der Waals surface area contributed by atoms with Crippen LogP contribution >= 0.6 is 0 Å². The van der Waals surface area contributed by atoms with Crippen molar-refractivity contribution in [3.63, 3.8) is 0 Å². The maximum absolute atomic E-state index is 5.39. The first-order chi connectivity index (χ1) is 7.14. The molecule has 1 rings (SSSR count). The van der Waals surface area contributed by atoms with E-state index < -0.39 is 0 Å². The number of benzene rings is 1. The summed E-state index contributed by atoms with van der Waals surface area (Å²) in [7, 11) is 0. The third kappa shape index (κ3) is 3.36. The molecule has 0 saturated carbocycles. The summed E-state index contributed by atoms with van der Waals surface area (Å²) in [6.45, 7) is 13.4. The molecule has 0 N–H and O–H groups in total. The molecule has 0 spiro atoms. The van der Waals surface area contributed by atoms with Crippen molar-refractivity contribution in [2.75, 3.05) is 0 Å². The third-order valence-electron chi connectivity index (χ3n) is 2.76. The fourth-order valence-corrected chi connectivity index (χ4v) is 1.71. The Kier molecular flexibility index (Phi) is 3.92. The Morgan fingerprint density at radius 3 is 1.44 bits per heavy atom. The molecule has 0 amide bonds. The second kappa shape index (κ2) is 4.54. The summed E-state index contributed by atoms with van der Waals surface area (Å²) >= 11 is 1.73. The van der Waals surface area contributed by atoms with Crippen molar-refractivity contribution in [1.29, 1.82) is 0 Å². The normalized spacial score (nSPS) is 12.6. The molecule has 0 aromatic heterocycles. The monoisotopic (exact) mass is 253 g/mol. The van der Waals surface area contributed by atoms with Gasteiger partial charge in [0.15, 0.2) is 0 Å². The first-order valence-electron chi connectivity index (χ1n) is 5.64. The van der Waals surface area contributed by atoms with Crippen molar-refractivity contribution in [2.45, 2.75) is 52.4 Å². The maximum atomic E-state index is 5.39. The molecule has 1 nitrogen and oxygen atoms in total. The van der Waals surface area contributed by atoms with Crippen LogP contribution in [0.1, 0.15) is 52.7 Å². The van der Waals surface area contributed by atoms with Crippen LogP contribution in [0.25, 0.3) is 0 Å². The van der Waals surface area contributed by atoms with Gasteiger partial charge in [0.2, 0.25) is 0 Å². The van der Waals surface area contributed by atoms with Crippen LogP contribution in [0.3, 0.4) is 0 Å². The molecule has 2 heteroatoms. The van der Waals surface area contributed by atoms with E-state index in [1.54, 1.807) is 20.8 Å². The van der Waals surface area contributed by atoms with Gasteiger partial charge in [-0.2, -0.15) is 0 Å². The Bertz CT molecular complexity index is 337. The van der Waals surface area contributed by atoms with Crippen molar-refractivity contribution >= 4 is 0 Å². The fraction of sp³-hybridized carbons (Fsp3) is 0.571. The number of hydrogen-bond acceptors (Lipinski definition) is 1. The molecular weight excluding hydrogens is 232 g/mol. The zero-order valence-corrected chi connectivity index (χ0v) is 12.7. The Morgan fingerprint density at radius 1 is 0.812 bits per heavy atom. The van der Waals surface area contributed by atoms with Crippen molar-refractivity contribution in [3.8, 4) is 5.75 Å². The predicted molar refractivity (Wildman–Crippen MR) is 64.5 cm³/mol. The summed E-state index contributed by atoms with van der Waals surface area (Å²) < 4.78 is 5.39. The molecular formula is C14H21OTi. The first kappa shape index (κ1) is 13.8. The first-order valence-corrected chi connectivity index (χ1v) is 6.28. The molecule has 87 valence electrons. The quantitative estimate of drug-likeness (QED) is 0.684. The van der Waals surface area contributed by atoms with Gasteiger partial charge in [-0.15, -0.1) is 0 Å². The van der Waals surface area contributed by atoms with E-state index in [1.807, 2.05) is 0 Å². The van der Waals surface area contributed by atoms with E-state index in [1.165, 1.54) is 11.1 Å². The molecule has 0 aliphatic heterocycles. The standard InChI is InChI=1S/C14H22O.Ti/c1-13(2,3)10-7-11(14(4,5)6)9-12(15)8-10;/h7-9,15H,1-6H3;/q;+1/p-1. The molecule has 1 aromatic rings. The average molecular weight is 253 g/mol. The summed E-state index contributed by atoms with van der Waals surface area (Å²) in [6.07, 6.45) is 0. The fourth-order valence-electron chi connectivity index (χ4n) is 1.52. The molecule has 0 atom stereocenters. The summed E-state index contributed by atoms with van der Waals surface area (Å²) in [5.41, 5.74) is 2.98. The molecule has 0 saturated heterocycles. The van der Waals surface area contributed by atoms with E-state index in [0.717, 1.165) is 5.75 Å². The topological polar surface area (TPSA) is 9.23 Å². The number of rotatable bonds is 1. The Morgan fingerprint density at radius 2 is 1.19 bits per heavy atom. The van der Waals surface area contributed by atoms with Gasteiger partial charge in [0.25, 0.3) is 0 Å². The molecule has 0 heterocycles. The Labute approximate surface area is 111 Å². The van der Waals surface area contributed by atoms with Crippen LogP contribution in [0.15, 0.2) is 18.2 Å². The van der Waals surface area contributed by atoms with E-state index in [2.05, 4.69) is 59.7 Å². The van der Waals surface area contributed by atoms with Crippen LogP contribution in [0.5, 0.6) is 5.75 Å². The van der Waals surface area contributed by atoms with Gasteiger partial charge < -0.3 is 0 Å². The average Bonchev–Trinajstić information content (AvgIpc) is 2.14. The van der Waals surface area contributed by atoms with Crippen LogP contribution in [-0.2, 0) is 31.7 Å². The van der Waals surface area contributed by atoms with Crippen molar-refractivity contribution in [2.24, 2.45) is 0 Å². The minimum atomic E-state index is 0.161. The van der Waals surface area contributed by atoms with Crippen LogP contribution in [0, 0.1) is 0 Å². The van der Waals surface area contributed by atoms with E-state index in [4.69, 9.17) is 3.32 Å². The van der Waals surface area contributed by atoms with E-state index in [-0.39, 0.29) is 10.8 Å². The SMILES string of the molecule is CC(C)(C)c1cc([O][Ti])cc(C(C)(C)C)c1. The van der Waals surface area contributed by atoms with Crippen molar-refractivity contribution < 1.29 is 24.1 Å². The molecule has 0 aliphatic carbocycles. The molecule has 1 aromatic carbocycles. The van der Waals surface area contributed by atoms with Gasteiger partial charge in [0, 0.05) is 0 Å². The van der Waals surface area contributed by atoms with Crippen molar-refractivity contribution in [3.05, 3.63) is 29.3 Å². The van der Waals surface area contributed by atoms with Gasteiger partial charge >= 0.3 is 112 Å². The summed E-state index contributed by atoms with van der Waals surface area (Å²) in [6, 6.07) is 6.56. The van der Waals surface area contributed by atoms with Gasteiger partial charge in [0.05, 0.1) is 0 Å². The zero-order chi connectivity index (χ0) is 12.6. The van der Waals surface area contributed by atoms with Crippen LogP contribution < -0.4 is 3.32 Å². The van der Waals surface area contributed by atoms with Crippen molar-refractivity contribution in [1.82, 2.24) is 0 Å². The van der Waals surface area contributed by atoms with Gasteiger partial charge in [-0.25, -0.2) is 0 Å². The summed E-state index contributed by atoms with van der Waals surface area (Å²) in [5, 5.41) is 0. The van der Waals surface area contributed by atoms with E-state index >= 15 is 0 Å². The molecule has 0 radical (unpaired) electrons. The summed E-state index contributed by atoms with van der Waals surface area (Å²) in [4.78, 5) is 0.